The fourth-order valence-corrected chi connectivity index (χ4v) is 3.94. The van der Waals surface area contributed by atoms with Gasteiger partial charge in [-0.15, -0.1) is 0 Å². The molecule has 0 amide bonds. The topological polar surface area (TPSA) is 129 Å². The summed E-state index contributed by atoms with van der Waals surface area (Å²) in [5.41, 5.74) is 0. The number of aliphatic hydroxyl groups excluding tert-OH is 1. The van der Waals surface area contributed by atoms with Gasteiger partial charge in [-0.05, 0) is 38.5 Å². The maximum absolute atomic E-state index is 12.1. The van der Waals surface area contributed by atoms with Gasteiger partial charge in [-0.1, -0.05) is 68.4 Å². The van der Waals surface area contributed by atoms with Crippen LogP contribution in [0.1, 0.15) is 71.6 Å². The van der Waals surface area contributed by atoms with Crippen molar-refractivity contribution in [2.24, 2.45) is 0 Å². The van der Waals surface area contributed by atoms with Crippen molar-refractivity contribution in [3.8, 4) is 0 Å². The zero-order valence-corrected chi connectivity index (χ0v) is 26.5. The number of hydrogen-bond donors (Lipinski definition) is 2. The molecule has 1 unspecified atom stereocenters. The highest BCUT2D eigenvalue weighted by Crippen LogP contribution is 2.43. The first-order valence-corrected chi connectivity index (χ1v) is 15.9. The Kier molecular flexibility index (Phi) is 22.3. The molecule has 41 heavy (non-hydrogen) atoms. The number of rotatable bonds is 24. The van der Waals surface area contributed by atoms with E-state index < -0.39 is 38.6 Å². The molecule has 10 nitrogen and oxygen atoms in total. The van der Waals surface area contributed by atoms with Crippen molar-refractivity contribution in [2.45, 2.75) is 83.8 Å². The molecule has 0 rings (SSSR count). The summed E-state index contributed by atoms with van der Waals surface area (Å²) in [6.07, 6.45) is 21.6. The van der Waals surface area contributed by atoms with E-state index in [-0.39, 0.29) is 19.6 Å². The van der Waals surface area contributed by atoms with Crippen LogP contribution in [0.15, 0.2) is 48.6 Å². The van der Waals surface area contributed by atoms with Gasteiger partial charge in [-0.25, -0.2) is 4.57 Å². The second kappa shape index (κ2) is 23.5. The van der Waals surface area contributed by atoms with Gasteiger partial charge >= 0.3 is 19.8 Å². The number of hydrogen-bond acceptors (Lipinski definition) is 8. The number of phosphoric ester groups is 1. The van der Waals surface area contributed by atoms with Crippen LogP contribution >= 0.6 is 7.82 Å². The normalized spacial score (nSPS) is 15.6. The van der Waals surface area contributed by atoms with E-state index in [1.807, 2.05) is 57.6 Å². The Balaban J connectivity index is 4.16. The van der Waals surface area contributed by atoms with Crippen LogP contribution in [0.3, 0.4) is 0 Å². The number of phosphoric acid groups is 1. The Morgan fingerprint density at radius 3 is 2.32 bits per heavy atom. The Bertz CT molecular complexity index is 878. The minimum atomic E-state index is -4.35. The van der Waals surface area contributed by atoms with Crippen LogP contribution in [-0.4, -0.2) is 86.1 Å². The Labute approximate surface area is 246 Å². The highest BCUT2D eigenvalue weighted by molar-refractivity contribution is 7.47. The molecular formula is C30H53NO9P+. The first kappa shape index (κ1) is 38.9. The summed E-state index contributed by atoms with van der Waals surface area (Å²) < 4.78 is 32.6. The number of aliphatic hydroxyl groups is 1. The Hall–Kier alpha value is -2.07. The molecule has 0 aromatic rings. The summed E-state index contributed by atoms with van der Waals surface area (Å²) in [5.74, 6) is -1.11. The molecule has 0 aliphatic heterocycles. The lowest BCUT2D eigenvalue weighted by Gasteiger charge is -2.24. The van der Waals surface area contributed by atoms with E-state index in [1.165, 1.54) is 26.2 Å². The Morgan fingerprint density at radius 2 is 1.63 bits per heavy atom. The van der Waals surface area contributed by atoms with Gasteiger partial charge in [0.05, 0.1) is 33.9 Å². The lowest BCUT2D eigenvalue weighted by Crippen LogP contribution is -2.37. The monoisotopic (exact) mass is 602 g/mol. The smallest absolute Gasteiger partial charge is 0.462 e. The van der Waals surface area contributed by atoms with E-state index in [9.17, 15) is 24.2 Å². The highest BCUT2D eigenvalue weighted by Gasteiger charge is 2.26. The van der Waals surface area contributed by atoms with Crippen LogP contribution in [0.25, 0.3) is 0 Å². The predicted octanol–water partition coefficient (Wildman–Crippen LogP) is 5.42. The molecule has 0 aromatic heterocycles. The molecule has 3 atom stereocenters. The number of unbranched alkanes of at least 4 members (excludes halogenated alkanes) is 4. The average molecular weight is 603 g/mol. The molecule has 0 saturated heterocycles. The van der Waals surface area contributed by atoms with E-state index >= 15 is 0 Å². The van der Waals surface area contributed by atoms with Crippen LogP contribution in [-0.2, 0) is 32.7 Å². The quantitative estimate of drug-likeness (QED) is 0.0372. The van der Waals surface area contributed by atoms with E-state index in [2.05, 4.69) is 13.0 Å². The number of ether oxygens (including phenoxy) is 2. The van der Waals surface area contributed by atoms with Crippen molar-refractivity contribution in [1.29, 1.82) is 0 Å². The average Bonchev–Trinajstić information content (AvgIpc) is 2.87. The van der Waals surface area contributed by atoms with Crippen molar-refractivity contribution in [3.05, 3.63) is 48.6 Å². The molecule has 0 spiro atoms. The maximum Gasteiger partial charge on any atom is 0.472 e. The standard InChI is InChI=1S/C30H52NO9P/c1-6-7-8-9-11-14-17-20-28(33)21-18-15-12-10-13-16-19-22-30(34)37-25-29(40-27(2)32)26-39-41(35,36)38-24-23-31(3,4)5/h10-11,13-15,17-18,20,28-29,33H,6-9,12,16,19,21-26H2,1-5H3/p+1/b13-10+,14-11-,18-15-,20-17-/t28-,29-/m1/s1. The molecule has 11 heteroatoms. The van der Waals surface area contributed by atoms with Crippen LogP contribution in [0.4, 0.5) is 0 Å². The van der Waals surface area contributed by atoms with Gasteiger partial charge in [0.15, 0.2) is 6.10 Å². The zero-order valence-electron chi connectivity index (χ0n) is 25.6. The first-order valence-electron chi connectivity index (χ1n) is 14.4. The summed E-state index contributed by atoms with van der Waals surface area (Å²) >= 11 is 0. The number of allylic oxidation sites excluding steroid dienone is 6. The van der Waals surface area contributed by atoms with Gasteiger partial charge in [-0.2, -0.15) is 0 Å². The second-order valence-electron chi connectivity index (χ2n) is 10.7. The summed E-state index contributed by atoms with van der Waals surface area (Å²) in [4.78, 5) is 33.2. The molecule has 0 aromatic carbocycles. The fraction of sp³-hybridized carbons (Fsp3) is 0.667. The summed E-state index contributed by atoms with van der Waals surface area (Å²) in [5, 5.41) is 9.96. The zero-order chi connectivity index (χ0) is 31.0. The highest BCUT2D eigenvalue weighted by atomic mass is 31.2. The SMILES string of the molecule is CCCCC/C=C\C=C/[C@@H](O)C/C=C\C/C=C/CCCC(=O)OC[C@H](COP(=O)(O)OCC[N+](C)(C)C)OC(C)=O. The van der Waals surface area contributed by atoms with Crippen molar-refractivity contribution in [2.75, 3.05) is 47.5 Å². The maximum atomic E-state index is 12.1. The molecule has 0 heterocycles. The first-order chi connectivity index (χ1) is 19.3. The van der Waals surface area contributed by atoms with Crippen molar-refractivity contribution in [3.63, 3.8) is 0 Å². The van der Waals surface area contributed by atoms with Crippen LogP contribution in [0.5, 0.6) is 0 Å². The van der Waals surface area contributed by atoms with Gasteiger partial charge in [0.1, 0.15) is 19.8 Å². The van der Waals surface area contributed by atoms with Crippen LogP contribution in [0.2, 0.25) is 0 Å². The van der Waals surface area contributed by atoms with Crippen LogP contribution in [0, 0.1) is 0 Å². The third-order valence-electron chi connectivity index (χ3n) is 5.49. The molecule has 0 radical (unpaired) electrons. The molecule has 236 valence electrons. The molecule has 2 N–H and O–H groups in total. The predicted molar refractivity (Wildman–Crippen MR) is 161 cm³/mol. The molecule has 0 fully saturated rings. The third-order valence-corrected chi connectivity index (χ3v) is 6.48. The van der Waals surface area contributed by atoms with E-state index in [4.69, 9.17) is 18.5 Å². The van der Waals surface area contributed by atoms with E-state index in [1.54, 1.807) is 6.08 Å². The lowest BCUT2D eigenvalue weighted by atomic mass is 10.2. The Morgan fingerprint density at radius 1 is 0.927 bits per heavy atom. The molecule has 0 bridgehead atoms. The lowest BCUT2D eigenvalue weighted by molar-refractivity contribution is -0.870. The number of carbonyl (C=O) groups is 2. The minimum Gasteiger partial charge on any atom is -0.462 e. The summed E-state index contributed by atoms with van der Waals surface area (Å²) in [6, 6.07) is 0. The molecule has 0 saturated carbocycles. The van der Waals surface area contributed by atoms with E-state index in [0.29, 0.717) is 30.3 Å². The van der Waals surface area contributed by atoms with Crippen molar-refractivity contribution >= 4 is 19.8 Å². The number of likely N-dealkylation sites (N-methyl/N-ethyl adjacent to an activating group) is 1. The van der Waals surface area contributed by atoms with E-state index in [0.717, 1.165) is 12.8 Å². The molecular weight excluding hydrogens is 549 g/mol. The molecule has 0 aliphatic rings. The van der Waals surface area contributed by atoms with Crippen molar-refractivity contribution in [1.82, 2.24) is 0 Å². The van der Waals surface area contributed by atoms with Gasteiger partial charge in [0, 0.05) is 13.3 Å². The number of quaternary nitrogens is 1. The fourth-order valence-electron chi connectivity index (χ4n) is 3.20. The third kappa shape index (κ3) is 27.9. The van der Waals surface area contributed by atoms with Gasteiger partial charge in [0.25, 0.3) is 0 Å². The summed E-state index contributed by atoms with van der Waals surface area (Å²) in [7, 11) is 1.39. The molecule has 0 aliphatic carbocycles. The second-order valence-corrected chi connectivity index (χ2v) is 12.2. The summed E-state index contributed by atoms with van der Waals surface area (Å²) in [6.45, 7) is 3.11. The van der Waals surface area contributed by atoms with Gasteiger partial charge in [0.2, 0.25) is 0 Å². The van der Waals surface area contributed by atoms with Gasteiger partial charge < -0.3 is 24.0 Å². The number of esters is 2. The minimum absolute atomic E-state index is 0.00726. The van der Waals surface area contributed by atoms with Crippen LogP contribution < -0.4 is 0 Å². The largest absolute Gasteiger partial charge is 0.472 e. The van der Waals surface area contributed by atoms with Crippen molar-refractivity contribution < 1.29 is 47.2 Å². The number of carbonyl (C=O) groups excluding carboxylic acids is 2. The number of nitrogens with zero attached hydrogens (tertiary/aromatic N) is 1. The van der Waals surface area contributed by atoms with Gasteiger partial charge in [-0.3, -0.25) is 18.6 Å².